The molecule has 1 atom stereocenters. The first-order valence-corrected chi connectivity index (χ1v) is 10.1. The van der Waals surface area contributed by atoms with E-state index in [1.165, 1.54) is 11.3 Å². The van der Waals surface area contributed by atoms with Gasteiger partial charge in [0, 0.05) is 19.0 Å². The first-order valence-electron chi connectivity index (χ1n) is 9.19. The van der Waals surface area contributed by atoms with Gasteiger partial charge in [-0.1, -0.05) is 18.2 Å². The predicted octanol–water partition coefficient (Wildman–Crippen LogP) is 3.23. The zero-order chi connectivity index (χ0) is 18.6. The number of benzene rings is 1. The van der Waals surface area contributed by atoms with Crippen LogP contribution in [-0.2, 0) is 9.47 Å². The van der Waals surface area contributed by atoms with Crippen LogP contribution >= 0.6 is 11.3 Å². The van der Waals surface area contributed by atoms with Gasteiger partial charge in [-0.25, -0.2) is 0 Å². The summed E-state index contributed by atoms with van der Waals surface area (Å²) < 4.78 is 11.3. The number of thiophene rings is 1. The summed E-state index contributed by atoms with van der Waals surface area (Å²) in [6.07, 6.45) is 1.70. The first kappa shape index (κ1) is 18.2. The lowest BCUT2D eigenvalue weighted by atomic mass is 9.96. The molecule has 3 heterocycles. The van der Waals surface area contributed by atoms with Gasteiger partial charge in [0.15, 0.2) is 6.29 Å². The summed E-state index contributed by atoms with van der Waals surface area (Å²) in [5, 5.41) is 4.73. The van der Waals surface area contributed by atoms with E-state index in [1.807, 2.05) is 28.5 Å². The number of rotatable bonds is 4. The minimum Gasteiger partial charge on any atom is -0.350 e. The summed E-state index contributed by atoms with van der Waals surface area (Å²) in [5.41, 5.74) is 1.05. The van der Waals surface area contributed by atoms with Crippen LogP contribution in [-0.4, -0.2) is 49.3 Å². The van der Waals surface area contributed by atoms with E-state index < -0.39 is 0 Å². The molecule has 27 heavy (non-hydrogen) atoms. The van der Waals surface area contributed by atoms with Gasteiger partial charge in [0.1, 0.15) is 0 Å². The lowest BCUT2D eigenvalue weighted by molar-refractivity contribution is -0.0969. The number of hydrogen-bond acceptors (Lipinski definition) is 5. The molecule has 2 amide bonds. The number of nitrogens with one attached hydrogen (secondary N) is 1. The first-order chi connectivity index (χ1) is 13.2. The maximum atomic E-state index is 13.1. The van der Waals surface area contributed by atoms with Crippen molar-refractivity contribution in [2.45, 2.75) is 19.1 Å². The fourth-order valence-electron chi connectivity index (χ4n) is 3.61. The van der Waals surface area contributed by atoms with Crippen LogP contribution in [0.4, 0.5) is 5.69 Å². The number of carbonyl (C=O) groups is 2. The van der Waals surface area contributed by atoms with Crippen molar-refractivity contribution in [1.82, 2.24) is 4.90 Å². The Morgan fingerprint density at radius 3 is 2.70 bits per heavy atom. The van der Waals surface area contributed by atoms with Crippen LogP contribution in [0.5, 0.6) is 0 Å². The Hall–Kier alpha value is -2.22. The van der Waals surface area contributed by atoms with E-state index in [-0.39, 0.29) is 24.0 Å². The molecule has 0 radical (unpaired) electrons. The second kappa shape index (κ2) is 8.21. The van der Waals surface area contributed by atoms with E-state index >= 15 is 0 Å². The third-order valence-corrected chi connectivity index (χ3v) is 5.80. The molecule has 4 rings (SSSR count). The van der Waals surface area contributed by atoms with Crippen LogP contribution in [0, 0.1) is 5.92 Å². The Kier molecular flexibility index (Phi) is 5.52. The number of nitrogens with zero attached hydrogens (tertiary/aromatic N) is 1. The minimum absolute atomic E-state index is 0.0697. The highest BCUT2D eigenvalue weighted by Gasteiger charge is 2.33. The van der Waals surface area contributed by atoms with E-state index in [4.69, 9.17) is 9.47 Å². The van der Waals surface area contributed by atoms with Crippen molar-refractivity contribution in [2.24, 2.45) is 5.92 Å². The maximum absolute atomic E-state index is 13.1. The second-order valence-corrected chi connectivity index (χ2v) is 7.69. The Morgan fingerprint density at radius 2 is 1.93 bits per heavy atom. The Labute approximate surface area is 162 Å². The lowest BCUT2D eigenvalue weighted by Gasteiger charge is -2.35. The predicted molar refractivity (Wildman–Crippen MR) is 103 cm³/mol. The van der Waals surface area contributed by atoms with E-state index in [2.05, 4.69) is 5.32 Å². The molecule has 0 bridgehead atoms. The molecule has 1 N–H and O–H groups in total. The zero-order valence-corrected chi connectivity index (χ0v) is 15.7. The van der Waals surface area contributed by atoms with E-state index in [1.54, 1.807) is 18.2 Å². The number of carbonyl (C=O) groups excluding carboxylic acids is 2. The molecule has 2 aliphatic rings. The van der Waals surface area contributed by atoms with Crippen LogP contribution in [0.3, 0.4) is 0 Å². The monoisotopic (exact) mass is 386 g/mol. The standard InChI is InChI=1S/C20H22N2O4S/c23-18(17-8-4-12-27-17)21-16-7-2-1-6-15(16)19(24)22-9-3-5-14(13-22)20-25-10-11-26-20/h1-2,4,6-8,12,14,20H,3,5,9-11,13H2,(H,21,23). The number of amides is 2. The molecule has 2 aliphatic heterocycles. The van der Waals surface area contributed by atoms with Crippen molar-refractivity contribution in [3.63, 3.8) is 0 Å². The molecular weight excluding hydrogens is 364 g/mol. The van der Waals surface area contributed by atoms with Crippen molar-refractivity contribution in [3.8, 4) is 0 Å². The number of ether oxygens (including phenoxy) is 2. The number of likely N-dealkylation sites (tertiary alicyclic amines) is 1. The average molecular weight is 386 g/mol. The quantitative estimate of drug-likeness (QED) is 0.876. The third kappa shape index (κ3) is 4.05. The van der Waals surface area contributed by atoms with Crippen molar-refractivity contribution >= 4 is 28.8 Å². The highest BCUT2D eigenvalue weighted by molar-refractivity contribution is 7.12. The Balaban J connectivity index is 1.49. The third-order valence-electron chi connectivity index (χ3n) is 4.93. The fraction of sp³-hybridized carbons (Fsp3) is 0.400. The van der Waals surface area contributed by atoms with Gasteiger partial charge < -0.3 is 19.7 Å². The normalized spacial score (nSPS) is 20.6. The van der Waals surface area contributed by atoms with Gasteiger partial charge in [-0.2, -0.15) is 0 Å². The van der Waals surface area contributed by atoms with Crippen molar-refractivity contribution in [1.29, 1.82) is 0 Å². The summed E-state index contributed by atoms with van der Waals surface area (Å²) in [6.45, 7) is 2.55. The molecule has 142 valence electrons. The molecule has 0 spiro atoms. The van der Waals surface area contributed by atoms with Crippen LogP contribution < -0.4 is 5.32 Å². The van der Waals surface area contributed by atoms with Gasteiger partial charge in [0.25, 0.3) is 11.8 Å². The summed E-state index contributed by atoms with van der Waals surface area (Å²) >= 11 is 1.37. The van der Waals surface area contributed by atoms with Crippen LogP contribution in [0.2, 0.25) is 0 Å². The van der Waals surface area contributed by atoms with Gasteiger partial charge in [0.05, 0.1) is 29.3 Å². The summed E-state index contributed by atoms with van der Waals surface area (Å²) in [4.78, 5) is 28.0. The van der Waals surface area contributed by atoms with Gasteiger partial charge in [0.2, 0.25) is 0 Å². The highest BCUT2D eigenvalue weighted by atomic mass is 32.1. The molecule has 2 fully saturated rings. The number of hydrogen-bond donors (Lipinski definition) is 1. The number of para-hydroxylation sites is 1. The van der Waals surface area contributed by atoms with Gasteiger partial charge in [-0.15, -0.1) is 11.3 Å². The largest absolute Gasteiger partial charge is 0.350 e. The van der Waals surface area contributed by atoms with Crippen molar-refractivity contribution in [3.05, 3.63) is 52.2 Å². The van der Waals surface area contributed by atoms with Gasteiger partial charge in [-0.3, -0.25) is 9.59 Å². The lowest BCUT2D eigenvalue weighted by Crippen LogP contribution is -2.44. The molecule has 2 saturated heterocycles. The smallest absolute Gasteiger partial charge is 0.265 e. The maximum Gasteiger partial charge on any atom is 0.265 e. The van der Waals surface area contributed by atoms with E-state index in [0.717, 1.165) is 12.8 Å². The van der Waals surface area contributed by atoms with Crippen LogP contribution in [0.25, 0.3) is 0 Å². The molecule has 0 aliphatic carbocycles. The summed E-state index contributed by atoms with van der Waals surface area (Å²) in [6, 6.07) is 10.8. The Bertz CT molecular complexity index is 802. The zero-order valence-electron chi connectivity index (χ0n) is 14.9. The molecule has 1 unspecified atom stereocenters. The van der Waals surface area contributed by atoms with Crippen LogP contribution in [0.1, 0.15) is 32.9 Å². The molecular formula is C20H22N2O4S. The fourth-order valence-corrected chi connectivity index (χ4v) is 4.22. The SMILES string of the molecule is O=C(Nc1ccccc1C(=O)N1CCCC(C2OCCO2)C1)c1cccs1. The minimum atomic E-state index is -0.214. The van der Waals surface area contributed by atoms with E-state index in [0.29, 0.717) is 42.4 Å². The topological polar surface area (TPSA) is 67.9 Å². The van der Waals surface area contributed by atoms with Crippen molar-refractivity contribution < 1.29 is 19.1 Å². The molecule has 1 aromatic heterocycles. The van der Waals surface area contributed by atoms with Gasteiger partial charge in [-0.05, 0) is 36.4 Å². The van der Waals surface area contributed by atoms with Gasteiger partial charge >= 0.3 is 0 Å². The number of anilines is 1. The molecule has 6 nitrogen and oxygen atoms in total. The average Bonchev–Trinajstić information content (AvgIpc) is 3.42. The van der Waals surface area contributed by atoms with Crippen LogP contribution in [0.15, 0.2) is 41.8 Å². The van der Waals surface area contributed by atoms with E-state index in [9.17, 15) is 9.59 Å². The molecule has 0 saturated carbocycles. The highest BCUT2D eigenvalue weighted by Crippen LogP contribution is 2.27. The van der Waals surface area contributed by atoms with Crippen molar-refractivity contribution in [2.75, 3.05) is 31.6 Å². The number of piperidine rings is 1. The molecule has 7 heteroatoms. The summed E-state index contributed by atoms with van der Waals surface area (Å²) in [7, 11) is 0. The molecule has 1 aromatic carbocycles. The Morgan fingerprint density at radius 1 is 1.11 bits per heavy atom. The molecule has 2 aromatic rings. The summed E-state index contributed by atoms with van der Waals surface area (Å²) in [5.74, 6) is -0.0765. The second-order valence-electron chi connectivity index (χ2n) is 6.74.